The van der Waals surface area contributed by atoms with Crippen LogP contribution in [-0.4, -0.2) is 47.7 Å². The van der Waals surface area contributed by atoms with Crippen molar-refractivity contribution in [3.8, 4) is 11.6 Å². The molecular formula is C19H12F7N9O. The topological polar surface area (TPSA) is 115 Å². The number of hydrogen-bond acceptors (Lipinski definition) is 7. The van der Waals surface area contributed by atoms with Crippen LogP contribution in [0.1, 0.15) is 21.6 Å². The Kier molecular flexibility index (Phi) is 6.07. The molecule has 36 heavy (non-hydrogen) atoms. The van der Waals surface area contributed by atoms with E-state index in [2.05, 4.69) is 30.6 Å². The summed E-state index contributed by atoms with van der Waals surface area (Å²) in [5, 5.41) is 15.0. The highest BCUT2D eigenvalue weighted by atomic mass is 19.4. The number of alkyl halides is 6. The zero-order chi connectivity index (χ0) is 26.3. The lowest BCUT2D eigenvalue weighted by atomic mass is 10.2. The van der Waals surface area contributed by atoms with Gasteiger partial charge in [-0.05, 0) is 18.2 Å². The van der Waals surface area contributed by atoms with Gasteiger partial charge in [-0.1, -0.05) is 0 Å². The minimum Gasteiger partial charge on any atom is -0.371 e. The first-order valence-electron chi connectivity index (χ1n) is 9.65. The molecule has 10 nitrogen and oxygen atoms in total. The van der Waals surface area contributed by atoms with Crippen LogP contribution >= 0.6 is 0 Å². The van der Waals surface area contributed by atoms with Gasteiger partial charge in [0.1, 0.15) is 5.56 Å². The molecule has 0 atom stereocenters. The molecule has 0 aliphatic rings. The smallest absolute Gasteiger partial charge is 0.371 e. The molecule has 0 spiro atoms. The fourth-order valence-electron chi connectivity index (χ4n) is 3.10. The van der Waals surface area contributed by atoms with Gasteiger partial charge in [-0.2, -0.15) is 41.6 Å². The van der Waals surface area contributed by atoms with Gasteiger partial charge in [-0.25, -0.2) is 19.0 Å². The van der Waals surface area contributed by atoms with E-state index < -0.39 is 58.2 Å². The Balaban J connectivity index is 1.73. The molecule has 2 N–H and O–H groups in total. The number of nitrogens with zero attached hydrogens (tertiary/aromatic N) is 7. The van der Waals surface area contributed by atoms with Crippen LogP contribution in [0.5, 0.6) is 0 Å². The van der Waals surface area contributed by atoms with Crippen molar-refractivity contribution in [3.05, 3.63) is 65.6 Å². The molecule has 0 unspecified atom stereocenters. The normalized spacial score (nSPS) is 12.0. The maximum absolute atomic E-state index is 13.9. The van der Waals surface area contributed by atoms with Crippen LogP contribution < -0.4 is 10.6 Å². The van der Waals surface area contributed by atoms with Crippen LogP contribution in [-0.2, 0) is 12.4 Å². The first-order chi connectivity index (χ1) is 16.9. The predicted molar refractivity (Wildman–Crippen MR) is 108 cm³/mol. The summed E-state index contributed by atoms with van der Waals surface area (Å²) in [6, 6.07) is 2.22. The Bertz CT molecular complexity index is 1410. The van der Waals surface area contributed by atoms with Crippen LogP contribution in [0.2, 0.25) is 0 Å². The van der Waals surface area contributed by atoms with Crippen molar-refractivity contribution in [1.29, 1.82) is 0 Å². The minimum absolute atomic E-state index is 0.265. The van der Waals surface area contributed by atoms with Gasteiger partial charge in [0.15, 0.2) is 29.0 Å². The number of pyridine rings is 2. The fraction of sp³-hybridized carbons (Fsp3) is 0.158. The molecule has 188 valence electrons. The van der Waals surface area contributed by atoms with Gasteiger partial charge in [-0.3, -0.25) is 4.79 Å². The van der Waals surface area contributed by atoms with Gasteiger partial charge in [0.05, 0.1) is 36.0 Å². The lowest BCUT2D eigenvalue weighted by Gasteiger charge is -2.14. The van der Waals surface area contributed by atoms with Crippen molar-refractivity contribution < 1.29 is 35.5 Å². The van der Waals surface area contributed by atoms with E-state index in [0.717, 1.165) is 30.7 Å². The summed E-state index contributed by atoms with van der Waals surface area (Å²) in [5.41, 5.74) is -4.51. The predicted octanol–water partition coefficient (Wildman–Crippen LogP) is 3.71. The maximum Gasteiger partial charge on any atom is 0.434 e. The van der Waals surface area contributed by atoms with Crippen molar-refractivity contribution in [3.63, 3.8) is 0 Å². The highest BCUT2D eigenvalue weighted by molar-refractivity contribution is 6.05. The summed E-state index contributed by atoms with van der Waals surface area (Å²) in [5.74, 6) is -3.83. The third-order valence-corrected chi connectivity index (χ3v) is 4.61. The van der Waals surface area contributed by atoms with E-state index in [1.54, 1.807) is 0 Å². The molecule has 0 radical (unpaired) electrons. The van der Waals surface area contributed by atoms with Crippen molar-refractivity contribution in [1.82, 2.24) is 34.7 Å². The largest absolute Gasteiger partial charge is 0.434 e. The fourth-order valence-corrected chi connectivity index (χ4v) is 3.10. The van der Waals surface area contributed by atoms with Crippen LogP contribution in [0.15, 0.2) is 43.0 Å². The van der Waals surface area contributed by atoms with Crippen LogP contribution in [0.3, 0.4) is 0 Å². The van der Waals surface area contributed by atoms with Crippen LogP contribution in [0.25, 0.3) is 11.6 Å². The SMILES string of the molecule is CNc1nc(-n2ncc(C(=O)Nc3cnc(-n4nccn4)c(C(F)(F)F)c3)c2C(F)(F)F)ccc1F. The molecule has 0 saturated heterocycles. The Morgan fingerprint density at radius 1 is 0.972 bits per heavy atom. The number of carbonyl (C=O) groups excluding carboxylic acids is 1. The standard InChI is InChI=1S/C19H12F7N9O/c1-27-15-12(20)2-3-13(33-15)34-14(19(24,25)26)10(8-31-34)17(36)32-9-6-11(18(21,22)23)16(28-7-9)35-29-4-5-30-35/h2-8H,1H3,(H,27,33)(H,32,36). The van der Waals surface area contributed by atoms with Gasteiger partial charge >= 0.3 is 12.4 Å². The second-order valence-corrected chi connectivity index (χ2v) is 6.93. The average Bonchev–Trinajstić information content (AvgIpc) is 3.49. The Hall–Kier alpha value is -4.57. The third kappa shape index (κ3) is 4.66. The van der Waals surface area contributed by atoms with E-state index >= 15 is 0 Å². The molecule has 0 aromatic carbocycles. The van der Waals surface area contributed by atoms with E-state index in [0.29, 0.717) is 17.1 Å². The Labute approximate surface area is 195 Å². The van der Waals surface area contributed by atoms with E-state index in [4.69, 9.17) is 0 Å². The zero-order valence-electron chi connectivity index (χ0n) is 17.7. The Morgan fingerprint density at radius 3 is 2.28 bits per heavy atom. The zero-order valence-corrected chi connectivity index (χ0v) is 17.7. The molecule has 0 bridgehead atoms. The second-order valence-electron chi connectivity index (χ2n) is 6.93. The third-order valence-electron chi connectivity index (χ3n) is 4.61. The monoisotopic (exact) mass is 515 g/mol. The van der Waals surface area contributed by atoms with Crippen molar-refractivity contribution in [2.75, 3.05) is 17.7 Å². The van der Waals surface area contributed by atoms with Gasteiger partial charge in [0.2, 0.25) is 0 Å². The molecule has 4 rings (SSSR count). The molecule has 4 aromatic rings. The van der Waals surface area contributed by atoms with Crippen LogP contribution in [0.4, 0.5) is 42.2 Å². The van der Waals surface area contributed by atoms with Crippen LogP contribution in [0, 0.1) is 5.82 Å². The quantitative estimate of drug-likeness (QED) is 0.390. The number of nitrogens with one attached hydrogen (secondary N) is 2. The van der Waals surface area contributed by atoms with Crippen molar-refractivity contribution in [2.45, 2.75) is 12.4 Å². The Morgan fingerprint density at radius 2 is 1.67 bits per heavy atom. The van der Waals surface area contributed by atoms with E-state index in [1.807, 2.05) is 5.32 Å². The second kappa shape index (κ2) is 8.90. The maximum atomic E-state index is 13.9. The molecule has 4 heterocycles. The lowest BCUT2D eigenvalue weighted by molar-refractivity contribution is -0.143. The average molecular weight is 515 g/mol. The van der Waals surface area contributed by atoms with E-state index in [9.17, 15) is 35.5 Å². The molecular weight excluding hydrogens is 503 g/mol. The first-order valence-corrected chi connectivity index (χ1v) is 9.65. The highest BCUT2D eigenvalue weighted by Crippen LogP contribution is 2.36. The number of rotatable bonds is 5. The number of hydrogen-bond donors (Lipinski definition) is 2. The number of amides is 1. The summed E-state index contributed by atoms with van der Waals surface area (Å²) in [7, 11) is 1.29. The molecule has 0 aliphatic carbocycles. The summed E-state index contributed by atoms with van der Waals surface area (Å²) < 4.78 is 96.3. The number of carbonyl (C=O) groups is 1. The van der Waals surface area contributed by atoms with Crippen molar-refractivity contribution in [2.24, 2.45) is 0 Å². The summed E-state index contributed by atoms with van der Waals surface area (Å²) >= 11 is 0. The highest BCUT2D eigenvalue weighted by Gasteiger charge is 2.41. The number of anilines is 2. The molecule has 17 heteroatoms. The molecule has 0 saturated carbocycles. The molecule has 0 aliphatic heterocycles. The lowest BCUT2D eigenvalue weighted by Crippen LogP contribution is -2.22. The van der Waals surface area contributed by atoms with E-state index in [-0.39, 0.29) is 10.5 Å². The van der Waals surface area contributed by atoms with Gasteiger partial charge < -0.3 is 10.6 Å². The molecule has 1 amide bonds. The van der Waals surface area contributed by atoms with Gasteiger partial charge in [0.25, 0.3) is 5.91 Å². The van der Waals surface area contributed by atoms with Crippen molar-refractivity contribution >= 4 is 17.4 Å². The van der Waals surface area contributed by atoms with E-state index in [1.165, 1.54) is 7.05 Å². The number of halogens is 7. The first kappa shape index (κ1) is 24.6. The van der Waals surface area contributed by atoms with Gasteiger partial charge in [-0.15, -0.1) is 4.80 Å². The minimum atomic E-state index is -5.15. The van der Waals surface area contributed by atoms with Gasteiger partial charge in [0, 0.05) is 7.05 Å². The summed E-state index contributed by atoms with van der Waals surface area (Å²) in [6.07, 6.45) is -6.53. The number of aromatic nitrogens is 7. The molecule has 0 fully saturated rings. The summed E-state index contributed by atoms with van der Waals surface area (Å²) in [6.45, 7) is 0. The molecule has 4 aromatic heterocycles. The summed E-state index contributed by atoms with van der Waals surface area (Å²) in [4.78, 5) is 20.6.